The molecule has 136 valence electrons. The number of hydrogen-bond acceptors (Lipinski definition) is 3. The minimum absolute atomic E-state index is 0.398. The lowest BCUT2D eigenvalue weighted by Gasteiger charge is -2.30. The zero-order chi connectivity index (χ0) is 18.9. The second kappa shape index (κ2) is 7.17. The van der Waals surface area contributed by atoms with Crippen molar-refractivity contribution in [2.45, 2.75) is 12.2 Å². The fourth-order valence-corrected chi connectivity index (χ4v) is 3.17. The van der Waals surface area contributed by atoms with Crippen molar-refractivity contribution in [3.8, 4) is 0 Å². The van der Waals surface area contributed by atoms with E-state index < -0.39 is 17.8 Å². The molecule has 0 aliphatic rings. The molecule has 0 saturated carbocycles. The van der Waals surface area contributed by atoms with Gasteiger partial charge in [0.2, 0.25) is 0 Å². The summed E-state index contributed by atoms with van der Waals surface area (Å²) in [5, 5.41) is 6.65. The Hall–Kier alpha value is -2.25. The van der Waals surface area contributed by atoms with Crippen molar-refractivity contribution in [2.24, 2.45) is 0 Å². The molecule has 4 nitrogen and oxygen atoms in total. The van der Waals surface area contributed by atoms with Crippen LogP contribution in [0.5, 0.6) is 0 Å². The lowest BCUT2D eigenvalue weighted by molar-refractivity contribution is -0.137. The molecule has 2 aromatic carbocycles. The van der Waals surface area contributed by atoms with Crippen LogP contribution in [0.2, 0.25) is 10.0 Å². The van der Waals surface area contributed by atoms with Crippen molar-refractivity contribution in [3.05, 3.63) is 81.9 Å². The van der Waals surface area contributed by atoms with Gasteiger partial charge in [0.1, 0.15) is 12.7 Å². The summed E-state index contributed by atoms with van der Waals surface area (Å²) in [6, 6.07) is 9.43. The number of aromatic nitrogens is 3. The van der Waals surface area contributed by atoms with Gasteiger partial charge in [-0.3, -0.25) is 5.01 Å². The molecule has 1 atom stereocenters. The van der Waals surface area contributed by atoms with Crippen LogP contribution < -0.4 is 5.01 Å². The molecule has 1 heterocycles. The van der Waals surface area contributed by atoms with Gasteiger partial charge in [0, 0.05) is 17.1 Å². The van der Waals surface area contributed by atoms with Gasteiger partial charge in [-0.2, -0.15) is 18.0 Å². The largest absolute Gasteiger partial charge is 0.416 e. The van der Waals surface area contributed by atoms with Gasteiger partial charge in [0.05, 0.1) is 11.6 Å². The van der Waals surface area contributed by atoms with Crippen LogP contribution in [0.15, 0.2) is 55.1 Å². The molecule has 1 unspecified atom stereocenters. The highest BCUT2D eigenvalue weighted by Gasteiger charge is 2.31. The van der Waals surface area contributed by atoms with E-state index in [1.54, 1.807) is 30.3 Å². The molecular formula is C17H13Cl2F3N4. The van der Waals surface area contributed by atoms with E-state index in [2.05, 4.69) is 10.1 Å². The summed E-state index contributed by atoms with van der Waals surface area (Å²) in [5.41, 5.74) is 0.569. The second-order valence-electron chi connectivity index (χ2n) is 5.58. The topological polar surface area (TPSA) is 34.0 Å². The Bertz CT molecular complexity index is 880. The lowest BCUT2D eigenvalue weighted by Crippen LogP contribution is -2.35. The van der Waals surface area contributed by atoms with Gasteiger partial charge < -0.3 is 0 Å². The Labute approximate surface area is 157 Å². The molecule has 0 fully saturated rings. The lowest BCUT2D eigenvalue weighted by atomic mass is 9.97. The number of alkyl halides is 3. The van der Waals surface area contributed by atoms with Crippen molar-refractivity contribution in [1.29, 1.82) is 0 Å². The highest BCUT2D eigenvalue weighted by Crippen LogP contribution is 2.35. The van der Waals surface area contributed by atoms with Gasteiger partial charge in [0.25, 0.3) is 0 Å². The average molecular weight is 401 g/mol. The zero-order valence-electron chi connectivity index (χ0n) is 13.5. The zero-order valence-corrected chi connectivity index (χ0v) is 15.0. The van der Waals surface area contributed by atoms with E-state index in [0.29, 0.717) is 21.2 Å². The Morgan fingerprint density at radius 2 is 1.77 bits per heavy atom. The van der Waals surface area contributed by atoms with Crippen molar-refractivity contribution < 1.29 is 13.2 Å². The summed E-state index contributed by atoms with van der Waals surface area (Å²) in [6.45, 7) is 0. The summed E-state index contributed by atoms with van der Waals surface area (Å²) in [5.74, 6) is 0. The molecule has 0 radical (unpaired) electrons. The van der Waals surface area contributed by atoms with Crippen molar-refractivity contribution >= 4 is 23.2 Å². The molecule has 0 amide bonds. The van der Waals surface area contributed by atoms with Crippen LogP contribution in [0.25, 0.3) is 0 Å². The first-order valence-electron chi connectivity index (χ1n) is 7.47. The predicted octanol–water partition coefficient (Wildman–Crippen LogP) is 4.96. The van der Waals surface area contributed by atoms with Gasteiger partial charge in [-0.25, -0.2) is 4.98 Å². The van der Waals surface area contributed by atoms with Crippen LogP contribution in [-0.4, -0.2) is 21.9 Å². The average Bonchev–Trinajstić information content (AvgIpc) is 3.11. The molecule has 0 aliphatic carbocycles. The van der Waals surface area contributed by atoms with Gasteiger partial charge >= 0.3 is 6.18 Å². The quantitative estimate of drug-likeness (QED) is 0.620. The van der Waals surface area contributed by atoms with Gasteiger partial charge in [-0.1, -0.05) is 41.4 Å². The standard InChI is InChI=1S/C17H13Cl2F3N4/c1-25(26-10-23-9-24-26)16(14-7-6-13(18)8-15(14)19)11-2-4-12(5-3-11)17(20,21)22/h2-10,16H,1H3. The molecule has 0 saturated heterocycles. The molecule has 0 N–H and O–H groups in total. The minimum Gasteiger partial charge on any atom is -0.287 e. The van der Waals surface area contributed by atoms with Crippen molar-refractivity contribution in [2.75, 3.05) is 12.1 Å². The SMILES string of the molecule is CN(C(c1ccc(C(F)(F)F)cc1)c1ccc(Cl)cc1Cl)n1cncn1. The van der Waals surface area contributed by atoms with E-state index in [-0.39, 0.29) is 0 Å². The summed E-state index contributed by atoms with van der Waals surface area (Å²) < 4.78 is 38.6. The smallest absolute Gasteiger partial charge is 0.287 e. The number of halogens is 5. The fourth-order valence-electron chi connectivity index (χ4n) is 2.66. The number of hydrogen-bond donors (Lipinski definition) is 0. The summed E-state index contributed by atoms with van der Waals surface area (Å²) in [7, 11) is 1.74. The molecule has 0 aliphatic heterocycles. The van der Waals surface area contributed by atoms with Gasteiger partial charge in [-0.15, -0.1) is 5.10 Å². The van der Waals surface area contributed by atoms with E-state index >= 15 is 0 Å². The molecule has 3 aromatic rings. The van der Waals surface area contributed by atoms with Crippen LogP contribution >= 0.6 is 23.2 Å². The van der Waals surface area contributed by atoms with Crippen LogP contribution in [0.3, 0.4) is 0 Å². The maximum Gasteiger partial charge on any atom is 0.416 e. The normalized spacial score (nSPS) is 12.8. The highest BCUT2D eigenvalue weighted by molar-refractivity contribution is 6.35. The van der Waals surface area contributed by atoms with Crippen LogP contribution in [0, 0.1) is 0 Å². The summed E-state index contributed by atoms with van der Waals surface area (Å²) >= 11 is 12.3. The Morgan fingerprint density at radius 3 is 2.31 bits per heavy atom. The first kappa shape index (κ1) is 18.5. The van der Waals surface area contributed by atoms with Crippen LogP contribution in [-0.2, 0) is 6.18 Å². The molecular weight excluding hydrogens is 388 g/mol. The minimum atomic E-state index is -4.40. The van der Waals surface area contributed by atoms with Crippen molar-refractivity contribution in [3.63, 3.8) is 0 Å². The molecule has 1 aromatic heterocycles. The van der Waals surface area contributed by atoms with E-state index in [0.717, 1.165) is 12.1 Å². The van der Waals surface area contributed by atoms with Gasteiger partial charge in [-0.05, 0) is 35.4 Å². The molecule has 9 heteroatoms. The third-order valence-corrected chi connectivity index (χ3v) is 4.48. The second-order valence-corrected chi connectivity index (χ2v) is 6.42. The van der Waals surface area contributed by atoms with E-state index in [1.807, 2.05) is 0 Å². The highest BCUT2D eigenvalue weighted by atomic mass is 35.5. The maximum atomic E-state index is 12.9. The number of nitrogens with zero attached hydrogens (tertiary/aromatic N) is 4. The summed E-state index contributed by atoms with van der Waals surface area (Å²) in [6.07, 6.45) is -1.55. The third-order valence-electron chi connectivity index (χ3n) is 3.91. The summed E-state index contributed by atoms with van der Waals surface area (Å²) in [4.78, 5) is 5.38. The van der Waals surface area contributed by atoms with Gasteiger partial charge in [0.15, 0.2) is 0 Å². The van der Waals surface area contributed by atoms with E-state index in [9.17, 15) is 13.2 Å². The third kappa shape index (κ3) is 3.78. The fraction of sp³-hybridized carbons (Fsp3) is 0.176. The Balaban J connectivity index is 2.08. The predicted molar refractivity (Wildman–Crippen MR) is 93.9 cm³/mol. The van der Waals surface area contributed by atoms with Crippen LogP contribution in [0.4, 0.5) is 13.2 Å². The van der Waals surface area contributed by atoms with E-state index in [4.69, 9.17) is 23.2 Å². The van der Waals surface area contributed by atoms with Crippen molar-refractivity contribution in [1.82, 2.24) is 14.9 Å². The molecule has 0 bridgehead atoms. The first-order chi connectivity index (χ1) is 12.3. The number of benzene rings is 2. The Morgan fingerprint density at radius 1 is 1.08 bits per heavy atom. The first-order valence-corrected chi connectivity index (χ1v) is 8.23. The van der Waals surface area contributed by atoms with E-state index in [1.165, 1.54) is 29.6 Å². The Kier molecular flexibility index (Phi) is 5.11. The maximum absolute atomic E-state index is 12.9. The number of rotatable bonds is 4. The molecule has 3 rings (SSSR count). The van der Waals surface area contributed by atoms with Crippen LogP contribution in [0.1, 0.15) is 22.7 Å². The molecule has 0 spiro atoms. The monoisotopic (exact) mass is 400 g/mol. The molecule has 26 heavy (non-hydrogen) atoms.